The summed E-state index contributed by atoms with van der Waals surface area (Å²) < 4.78 is 5.79. The van der Waals surface area contributed by atoms with Crippen LogP contribution >= 0.6 is 0 Å². The lowest BCUT2D eigenvalue weighted by atomic mass is 10.0. The molecule has 1 amide bonds. The number of hydrogen-bond acceptors (Lipinski definition) is 3. The number of nitrogens with two attached hydrogens (primary N) is 1. The number of carbonyl (C=O) groups is 1. The summed E-state index contributed by atoms with van der Waals surface area (Å²) in [6.45, 7) is 7.27. The summed E-state index contributed by atoms with van der Waals surface area (Å²) in [5.41, 5.74) is 9.31. The van der Waals surface area contributed by atoms with Gasteiger partial charge in [-0.1, -0.05) is 23.8 Å². The summed E-state index contributed by atoms with van der Waals surface area (Å²) in [4.78, 5) is 14.4. The second-order valence-electron chi connectivity index (χ2n) is 6.52. The third-order valence-electron chi connectivity index (χ3n) is 4.60. The minimum Gasteiger partial charge on any atom is -0.378 e. The summed E-state index contributed by atoms with van der Waals surface area (Å²) in [6.07, 6.45) is 4.53. The maximum absolute atomic E-state index is 12.4. The van der Waals surface area contributed by atoms with Gasteiger partial charge in [0.2, 0.25) is 5.91 Å². The largest absolute Gasteiger partial charge is 0.378 e. The van der Waals surface area contributed by atoms with E-state index in [2.05, 4.69) is 32.0 Å². The normalized spacial score (nSPS) is 15.9. The Morgan fingerprint density at radius 3 is 2.70 bits per heavy atom. The maximum atomic E-state index is 12.4. The van der Waals surface area contributed by atoms with E-state index in [4.69, 9.17) is 10.5 Å². The van der Waals surface area contributed by atoms with E-state index in [1.165, 1.54) is 16.7 Å². The third-order valence-corrected chi connectivity index (χ3v) is 4.60. The van der Waals surface area contributed by atoms with Crippen LogP contribution in [-0.4, -0.2) is 43.2 Å². The van der Waals surface area contributed by atoms with Crippen LogP contribution in [0.5, 0.6) is 0 Å². The van der Waals surface area contributed by atoms with Crippen molar-refractivity contribution in [2.75, 3.05) is 26.2 Å². The lowest BCUT2D eigenvalue weighted by Crippen LogP contribution is -2.41. The van der Waals surface area contributed by atoms with Crippen molar-refractivity contribution in [2.45, 2.75) is 52.1 Å². The molecule has 0 aliphatic carbocycles. The van der Waals surface area contributed by atoms with Crippen molar-refractivity contribution in [1.29, 1.82) is 0 Å². The standard InChI is InChI=1S/C19H30N2O2/c1-15-4-5-17(16(2)14-15)6-7-19(22)21-11-8-18(9-12-21)23-13-3-10-20/h4-5,14,18H,3,6-13,20H2,1-2H3. The van der Waals surface area contributed by atoms with Crippen molar-refractivity contribution in [3.8, 4) is 0 Å². The van der Waals surface area contributed by atoms with Gasteiger partial charge in [0.05, 0.1) is 6.10 Å². The molecule has 0 spiro atoms. The van der Waals surface area contributed by atoms with Gasteiger partial charge in [0, 0.05) is 26.1 Å². The molecule has 1 fully saturated rings. The summed E-state index contributed by atoms with van der Waals surface area (Å²) in [6, 6.07) is 6.45. The molecule has 1 aromatic carbocycles. The number of rotatable bonds is 7. The van der Waals surface area contributed by atoms with Crippen molar-refractivity contribution in [3.05, 3.63) is 34.9 Å². The maximum Gasteiger partial charge on any atom is 0.222 e. The highest BCUT2D eigenvalue weighted by Gasteiger charge is 2.22. The van der Waals surface area contributed by atoms with Crippen molar-refractivity contribution in [1.82, 2.24) is 4.90 Å². The van der Waals surface area contributed by atoms with Crippen LogP contribution in [0.1, 0.15) is 42.4 Å². The zero-order chi connectivity index (χ0) is 16.7. The van der Waals surface area contributed by atoms with Crippen LogP contribution in [0, 0.1) is 13.8 Å². The van der Waals surface area contributed by atoms with Gasteiger partial charge < -0.3 is 15.4 Å². The lowest BCUT2D eigenvalue weighted by molar-refractivity contribution is -0.133. The monoisotopic (exact) mass is 318 g/mol. The Hall–Kier alpha value is -1.39. The van der Waals surface area contributed by atoms with Crippen LogP contribution in [0.4, 0.5) is 0 Å². The van der Waals surface area contributed by atoms with Crippen molar-refractivity contribution >= 4 is 5.91 Å². The lowest BCUT2D eigenvalue weighted by Gasteiger charge is -2.32. The molecule has 1 heterocycles. The van der Waals surface area contributed by atoms with E-state index in [1.807, 2.05) is 4.90 Å². The Bertz CT molecular complexity index is 508. The predicted octanol–water partition coefficient (Wildman–Crippen LogP) is 2.59. The molecule has 1 aromatic rings. The third kappa shape index (κ3) is 5.63. The number of amides is 1. The van der Waals surface area contributed by atoms with Crippen LogP contribution in [0.15, 0.2) is 18.2 Å². The van der Waals surface area contributed by atoms with E-state index in [0.29, 0.717) is 19.1 Å². The minimum absolute atomic E-state index is 0.269. The molecule has 4 nitrogen and oxygen atoms in total. The summed E-state index contributed by atoms with van der Waals surface area (Å²) in [7, 11) is 0. The number of benzene rings is 1. The van der Waals surface area contributed by atoms with Gasteiger partial charge in [0.15, 0.2) is 0 Å². The molecule has 1 aliphatic heterocycles. The SMILES string of the molecule is Cc1ccc(CCC(=O)N2CCC(OCCCN)CC2)c(C)c1. The van der Waals surface area contributed by atoms with Gasteiger partial charge in [0.25, 0.3) is 0 Å². The molecule has 0 aromatic heterocycles. The summed E-state index contributed by atoms with van der Waals surface area (Å²) in [5, 5.41) is 0. The molecular weight excluding hydrogens is 288 g/mol. The molecular formula is C19H30N2O2. The average Bonchev–Trinajstić information content (AvgIpc) is 2.55. The Balaban J connectivity index is 1.72. The average molecular weight is 318 g/mol. The van der Waals surface area contributed by atoms with Crippen molar-refractivity contribution in [3.63, 3.8) is 0 Å². The highest BCUT2D eigenvalue weighted by Crippen LogP contribution is 2.17. The Morgan fingerprint density at radius 2 is 2.04 bits per heavy atom. The first-order valence-corrected chi connectivity index (χ1v) is 8.75. The Labute approximate surface area is 140 Å². The first-order chi connectivity index (χ1) is 11.1. The first kappa shape index (κ1) is 18.0. The smallest absolute Gasteiger partial charge is 0.222 e. The molecule has 1 saturated heterocycles. The van der Waals surface area contributed by atoms with Crippen LogP contribution in [-0.2, 0) is 16.0 Å². The molecule has 0 radical (unpaired) electrons. The zero-order valence-corrected chi connectivity index (χ0v) is 14.5. The highest BCUT2D eigenvalue weighted by molar-refractivity contribution is 5.76. The topological polar surface area (TPSA) is 55.6 Å². The van der Waals surface area contributed by atoms with Gasteiger partial charge in [-0.2, -0.15) is 0 Å². The molecule has 2 rings (SSSR count). The highest BCUT2D eigenvalue weighted by atomic mass is 16.5. The van der Waals surface area contributed by atoms with Crippen LogP contribution in [0.3, 0.4) is 0 Å². The minimum atomic E-state index is 0.269. The van der Waals surface area contributed by atoms with Crippen LogP contribution in [0.25, 0.3) is 0 Å². The van der Waals surface area contributed by atoms with Gasteiger partial charge >= 0.3 is 0 Å². The number of aryl methyl sites for hydroxylation is 3. The fourth-order valence-corrected chi connectivity index (χ4v) is 3.13. The quantitative estimate of drug-likeness (QED) is 0.786. The molecule has 23 heavy (non-hydrogen) atoms. The molecule has 0 bridgehead atoms. The predicted molar refractivity (Wildman–Crippen MR) is 93.5 cm³/mol. The van der Waals surface area contributed by atoms with E-state index in [9.17, 15) is 4.79 Å². The molecule has 1 aliphatic rings. The van der Waals surface area contributed by atoms with E-state index in [-0.39, 0.29) is 5.91 Å². The van der Waals surface area contributed by atoms with Gasteiger partial charge in [0.1, 0.15) is 0 Å². The zero-order valence-electron chi connectivity index (χ0n) is 14.5. The van der Waals surface area contributed by atoms with E-state index >= 15 is 0 Å². The summed E-state index contributed by atoms with van der Waals surface area (Å²) in [5.74, 6) is 0.269. The Morgan fingerprint density at radius 1 is 1.30 bits per heavy atom. The van der Waals surface area contributed by atoms with Gasteiger partial charge in [-0.15, -0.1) is 0 Å². The number of piperidine rings is 1. The number of nitrogens with zero attached hydrogens (tertiary/aromatic N) is 1. The molecule has 128 valence electrons. The fraction of sp³-hybridized carbons (Fsp3) is 0.632. The first-order valence-electron chi connectivity index (χ1n) is 8.75. The fourth-order valence-electron chi connectivity index (χ4n) is 3.13. The molecule has 0 atom stereocenters. The number of carbonyl (C=O) groups excluding carboxylic acids is 1. The molecule has 2 N–H and O–H groups in total. The number of ether oxygens (including phenoxy) is 1. The van der Waals surface area contributed by atoms with Gasteiger partial charge in [-0.25, -0.2) is 0 Å². The molecule has 4 heteroatoms. The van der Waals surface area contributed by atoms with Crippen molar-refractivity contribution in [2.24, 2.45) is 5.73 Å². The summed E-state index contributed by atoms with van der Waals surface area (Å²) >= 11 is 0. The van der Waals surface area contributed by atoms with Crippen molar-refractivity contribution < 1.29 is 9.53 Å². The second kappa shape index (κ2) is 9.04. The van der Waals surface area contributed by atoms with E-state index in [1.54, 1.807) is 0 Å². The number of hydrogen-bond donors (Lipinski definition) is 1. The number of likely N-dealkylation sites (tertiary alicyclic amines) is 1. The van der Waals surface area contributed by atoms with E-state index < -0.39 is 0 Å². The molecule has 0 unspecified atom stereocenters. The van der Waals surface area contributed by atoms with Gasteiger partial charge in [-0.05, 0) is 57.2 Å². The molecule has 0 saturated carbocycles. The van der Waals surface area contributed by atoms with Crippen LogP contribution in [0.2, 0.25) is 0 Å². The van der Waals surface area contributed by atoms with Crippen LogP contribution < -0.4 is 5.73 Å². The van der Waals surface area contributed by atoms with Gasteiger partial charge in [-0.3, -0.25) is 4.79 Å². The Kier molecular flexibility index (Phi) is 7.06. The second-order valence-corrected chi connectivity index (χ2v) is 6.52. The van der Waals surface area contributed by atoms with E-state index in [0.717, 1.165) is 45.4 Å².